The largest absolute Gasteiger partial charge is 0.352 e. The quantitative estimate of drug-likeness (QED) is 0.700. The molecule has 0 saturated carbocycles. The number of nitrogens with two attached hydrogens (primary N) is 1. The van der Waals surface area contributed by atoms with E-state index in [9.17, 15) is 9.59 Å². The number of carbonyl (C=O) groups excluding carboxylic acids is 2. The fourth-order valence-electron chi connectivity index (χ4n) is 2.08. The first kappa shape index (κ1) is 15.6. The van der Waals surface area contributed by atoms with Crippen molar-refractivity contribution in [2.75, 3.05) is 11.9 Å². The van der Waals surface area contributed by atoms with Gasteiger partial charge in [-0.1, -0.05) is 6.07 Å². The number of nitrogens with zero attached hydrogens (tertiary/aromatic N) is 2. The lowest BCUT2D eigenvalue weighted by molar-refractivity contribution is 0.0953. The summed E-state index contributed by atoms with van der Waals surface area (Å²) in [6, 6.07) is 5.97. The smallest absolute Gasteiger partial charge is 0.316 e. The van der Waals surface area contributed by atoms with E-state index in [1.165, 1.54) is 0 Å². The number of carbonyl (C=O) groups is 2. The van der Waals surface area contributed by atoms with E-state index in [0.29, 0.717) is 17.8 Å². The lowest BCUT2D eigenvalue weighted by Gasteiger charge is -2.07. The van der Waals surface area contributed by atoms with Gasteiger partial charge in [0.05, 0.1) is 6.20 Å². The SMILES string of the molecule is Cn1cc(CCCNC(=O)c2cccc(NC(N)=O)c2)cn1. The van der Waals surface area contributed by atoms with Crippen LogP contribution < -0.4 is 16.4 Å². The Morgan fingerprint density at radius 2 is 2.18 bits per heavy atom. The summed E-state index contributed by atoms with van der Waals surface area (Å²) in [5, 5.41) is 9.38. The highest BCUT2D eigenvalue weighted by molar-refractivity contribution is 5.96. The zero-order valence-electron chi connectivity index (χ0n) is 12.4. The molecule has 3 amide bonds. The number of benzene rings is 1. The Balaban J connectivity index is 1.80. The molecule has 0 unspecified atom stereocenters. The van der Waals surface area contributed by atoms with Crippen LogP contribution >= 0.6 is 0 Å². The van der Waals surface area contributed by atoms with Gasteiger partial charge in [-0.15, -0.1) is 0 Å². The van der Waals surface area contributed by atoms with Crippen molar-refractivity contribution in [2.45, 2.75) is 12.8 Å². The van der Waals surface area contributed by atoms with Crippen LogP contribution in [-0.2, 0) is 13.5 Å². The number of nitrogens with one attached hydrogen (secondary N) is 2. The summed E-state index contributed by atoms with van der Waals surface area (Å²) < 4.78 is 1.76. The fraction of sp³-hybridized carbons (Fsp3) is 0.267. The van der Waals surface area contributed by atoms with Crippen molar-refractivity contribution in [1.29, 1.82) is 0 Å². The Labute approximate surface area is 128 Å². The van der Waals surface area contributed by atoms with Gasteiger partial charge in [0.25, 0.3) is 5.91 Å². The topological polar surface area (TPSA) is 102 Å². The van der Waals surface area contributed by atoms with Crippen LogP contribution in [0.5, 0.6) is 0 Å². The molecular formula is C15H19N5O2. The zero-order chi connectivity index (χ0) is 15.9. The number of anilines is 1. The lowest BCUT2D eigenvalue weighted by atomic mass is 10.1. The van der Waals surface area contributed by atoms with Crippen molar-refractivity contribution in [3.8, 4) is 0 Å². The molecule has 116 valence electrons. The highest BCUT2D eigenvalue weighted by Crippen LogP contribution is 2.10. The number of hydrogen-bond acceptors (Lipinski definition) is 3. The Morgan fingerprint density at radius 1 is 1.36 bits per heavy atom. The molecule has 0 fully saturated rings. The van der Waals surface area contributed by atoms with E-state index in [-0.39, 0.29) is 5.91 Å². The summed E-state index contributed by atoms with van der Waals surface area (Å²) in [4.78, 5) is 22.8. The van der Waals surface area contributed by atoms with E-state index in [1.54, 1.807) is 28.9 Å². The van der Waals surface area contributed by atoms with Crippen LogP contribution in [0, 0.1) is 0 Å². The second-order valence-corrected chi connectivity index (χ2v) is 4.95. The Hall–Kier alpha value is -2.83. The maximum absolute atomic E-state index is 12.0. The number of aromatic nitrogens is 2. The first-order chi connectivity index (χ1) is 10.5. The molecule has 0 spiro atoms. The van der Waals surface area contributed by atoms with Crippen molar-refractivity contribution in [2.24, 2.45) is 12.8 Å². The molecule has 0 radical (unpaired) electrons. The van der Waals surface area contributed by atoms with E-state index in [1.807, 2.05) is 19.4 Å². The van der Waals surface area contributed by atoms with E-state index in [2.05, 4.69) is 15.7 Å². The first-order valence-electron chi connectivity index (χ1n) is 6.97. The molecule has 7 nitrogen and oxygen atoms in total. The molecular weight excluding hydrogens is 282 g/mol. The fourth-order valence-corrected chi connectivity index (χ4v) is 2.08. The van der Waals surface area contributed by atoms with Gasteiger partial charge in [0.15, 0.2) is 0 Å². The minimum atomic E-state index is -0.658. The number of rotatable bonds is 6. The second-order valence-electron chi connectivity index (χ2n) is 4.95. The third-order valence-corrected chi connectivity index (χ3v) is 3.08. The van der Waals surface area contributed by atoms with Crippen molar-refractivity contribution >= 4 is 17.6 Å². The van der Waals surface area contributed by atoms with E-state index >= 15 is 0 Å². The standard InChI is InChI=1S/C15H19N5O2/c1-20-10-11(9-18-20)4-3-7-17-14(21)12-5-2-6-13(8-12)19-15(16)22/h2,5-6,8-10H,3-4,7H2,1H3,(H,17,21)(H3,16,19,22). The minimum absolute atomic E-state index is 0.181. The molecule has 7 heteroatoms. The van der Waals surface area contributed by atoms with Gasteiger partial charge in [-0.2, -0.15) is 5.10 Å². The van der Waals surface area contributed by atoms with Crippen molar-refractivity contribution in [1.82, 2.24) is 15.1 Å². The van der Waals surface area contributed by atoms with Crippen molar-refractivity contribution in [3.63, 3.8) is 0 Å². The monoisotopic (exact) mass is 301 g/mol. The van der Waals surface area contributed by atoms with Gasteiger partial charge in [0.1, 0.15) is 0 Å². The molecule has 0 aliphatic carbocycles. The average molecular weight is 301 g/mol. The van der Waals surface area contributed by atoms with E-state index < -0.39 is 6.03 Å². The van der Waals surface area contributed by atoms with E-state index in [0.717, 1.165) is 18.4 Å². The highest BCUT2D eigenvalue weighted by Gasteiger charge is 2.06. The molecule has 0 atom stereocenters. The number of amides is 3. The molecule has 0 bridgehead atoms. The first-order valence-corrected chi connectivity index (χ1v) is 6.97. The predicted octanol–water partition coefficient (Wildman–Crippen LogP) is 1.27. The third kappa shape index (κ3) is 4.62. The maximum Gasteiger partial charge on any atom is 0.316 e. The number of primary amides is 1. The highest BCUT2D eigenvalue weighted by atomic mass is 16.2. The summed E-state index contributed by atoms with van der Waals surface area (Å²) >= 11 is 0. The van der Waals surface area contributed by atoms with Crippen LogP contribution in [0.4, 0.5) is 10.5 Å². The minimum Gasteiger partial charge on any atom is -0.352 e. The zero-order valence-corrected chi connectivity index (χ0v) is 12.4. The molecule has 1 aromatic carbocycles. The summed E-state index contributed by atoms with van der Waals surface area (Å²) in [5.74, 6) is -0.181. The van der Waals surface area contributed by atoms with Gasteiger partial charge in [-0.25, -0.2) is 4.79 Å². The van der Waals surface area contributed by atoms with Gasteiger partial charge in [-0.3, -0.25) is 9.48 Å². The Morgan fingerprint density at radius 3 is 2.86 bits per heavy atom. The summed E-state index contributed by atoms with van der Waals surface area (Å²) in [6.45, 7) is 0.571. The van der Waals surface area contributed by atoms with E-state index in [4.69, 9.17) is 5.73 Å². The van der Waals surface area contributed by atoms with Crippen molar-refractivity contribution in [3.05, 3.63) is 47.8 Å². The molecule has 4 N–H and O–H groups in total. The number of urea groups is 1. The summed E-state index contributed by atoms with van der Waals surface area (Å²) in [7, 11) is 1.87. The molecule has 0 aliphatic heterocycles. The average Bonchev–Trinajstić information content (AvgIpc) is 2.88. The van der Waals surface area contributed by atoms with Crippen LogP contribution in [0.1, 0.15) is 22.3 Å². The Kier molecular flexibility index (Phi) is 5.13. The summed E-state index contributed by atoms with van der Waals surface area (Å²) in [5.41, 5.74) is 7.17. The third-order valence-electron chi connectivity index (χ3n) is 3.08. The van der Waals surface area contributed by atoms with Crippen molar-refractivity contribution < 1.29 is 9.59 Å². The van der Waals surface area contributed by atoms with Gasteiger partial charge in [0, 0.05) is 31.0 Å². The molecule has 1 aromatic heterocycles. The van der Waals surface area contributed by atoms with Crippen LogP contribution in [0.2, 0.25) is 0 Å². The molecule has 0 aliphatic rings. The number of aryl methyl sites for hydroxylation is 2. The Bertz CT molecular complexity index is 665. The molecule has 0 saturated heterocycles. The molecule has 2 rings (SSSR count). The van der Waals surface area contributed by atoms with Crippen LogP contribution in [-0.4, -0.2) is 28.3 Å². The van der Waals surface area contributed by atoms with Crippen LogP contribution in [0.15, 0.2) is 36.7 Å². The molecule has 22 heavy (non-hydrogen) atoms. The van der Waals surface area contributed by atoms with Gasteiger partial charge < -0.3 is 16.4 Å². The second kappa shape index (κ2) is 7.26. The van der Waals surface area contributed by atoms with Gasteiger partial charge >= 0.3 is 6.03 Å². The van der Waals surface area contributed by atoms with Crippen LogP contribution in [0.25, 0.3) is 0 Å². The van der Waals surface area contributed by atoms with Crippen LogP contribution in [0.3, 0.4) is 0 Å². The van der Waals surface area contributed by atoms with Gasteiger partial charge in [0.2, 0.25) is 0 Å². The molecule has 2 aromatic rings. The maximum atomic E-state index is 12.0. The predicted molar refractivity (Wildman–Crippen MR) is 83.5 cm³/mol. The lowest BCUT2D eigenvalue weighted by Crippen LogP contribution is -2.25. The number of hydrogen-bond donors (Lipinski definition) is 3. The summed E-state index contributed by atoms with van der Waals surface area (Å²) in [6.07, 6.45) is 5.47. The normalized spacial score (nSPS) is 10.2. The van der Waals surface area contributed by atoms with Gasteiger partial charge in [-0.05, 0) is 36.6 Å². The molecule has 1 heterocycles.